The molecule has 1 unspecified atom stereocenters. The van der Waals surface area contributed by atoms with Gasteiger partial charge in [0.15, 0.2) is 0 Å². The Morgan fingerprint density at radius 2 is 2.16 bits per heavy atom. The maximum atomic E-state index is 13.0. The summed E-state index contributed by atoms with van der Waals surface area (Å²) in [4.78, 5) is 4.28. The van der Waals surface area contributed by atoms with Crippen molar-refractivity contribution in [2.24, 2.45) is 0 Å². The molecule has 1 heterocycles. The third-order valence-electron chi connectivity index (χ3n) is 2.39. The van der Waals surface area contributed by atoms with Gasteiger partial charge in [0.2, 0.25) is 0 Å². The summed E-state index contributed by atoms with van der Waals surface area (Å²) in [5.74, 6) is -0.322. The SMILES string of the molecule is N#Cc1cc(CS(=O)c2ccc(F)c(Cl)c2)ccn1. The Kier molecular flexibility index (Phi) is 4.25. The molecule has 0 aliphatic heterocycles. The normalized spacial score (nSPS) is 11.8. The van der Waals surface area contributed by atoms with Gasteiger partial charge in [0.25, 0.3) is 0 Å². The molecule has 0 aliphatic rings. The molecule has 0 saturated heterocycles. The lowest BCUT2D eigenvalue weighted by molar-refractivity contribution is 0.626. The minimum atomic E-state index is -1.35. The predicted octanol–water partition coefficient (Wildman–Crippen LogP) is 3.05. The lowest BCUT2D eigenvalue weighted by atomic mass is 10.2. The molecule has 1 atom stereocenters. The quantitative estimate of drug-likeness (QED) is 0.874. The highest BCUT2D eigenvalue weighted by Crippen LogP contribution is 2.20. The van der Waals surface area contributed by atoms with Crippen LogP contribution in [0.5, 0.6) is 0 Å². The number of aromatic nitrogens is 1. The fourth-order valence-corrected chi connectivity index (χ4v) is 2.84. The number of rotatable bonds is 3. The van der Waals surface area contributed by atoms with E-state index in [9.17, 15) is 8.60 Å². The van der Waals surface area contributed by atoms with E-state index in [1.54, 1.807) is 12.1 Å². The lowest BCUT2D eigenvalue weighted by Gasteiger charge is -2.04. The van der Waals surface area contributed by atoms with Gasteiger partial charge >= 0.3 is 0 Å². The molecule has 1 aromatic heterocycles. The maximum absolute atomic E-state index is 13.0. The third-order valence-corrected chi connectivity index (χ3v) is 4.06. The zero-order valence-electron chi connectivity index (χ0n) is 9.64. The van der Waals surface area contributed by atoms with Crippen molar-refractivity contribution in [3.8, 4) is 6.07 Å². The number of hydrogen-bond donors (Lipinski definition) is 0. The summed E-state index contributed by atoms with van der Waals surface area (Å²) < 4.78 is 25.1. The van der Waals surface area contributed by atoms with Gasteiger partial charge in [-0.1, -0.05) is 11.6 Å². The van der Waals surface area contributed by atoms with E-state index in [2.05, 4.69) is 4.98 Å². The monoisotopic (exact) mass is 294 g/mol. The van der Waals surface area contributed by atoms with Crippen molar-refractivity contribution in [2.45, 2.75) is 10.6 Å². The Bertz CT molecular complexity index is 685. The van der Waals surface area contributed by atoms with Crippen LogP contribution in [0.4, 0.5) is 4.39 Å². The molecule has 3 nitrogen and oxygen atoms in total. The zero-order chi connectivity index (χ0) is 13.8. The van der Waals surface area contributed by atoms with Crippen LogP contribution in [-0.2, 0) is 16.6 Å². The molecule has 2 rings (SSSR count). The van der Waals surface area contributed by atoms with E-state index in [1.165, 1.54) is 24.4 Å². The van der Waals surface area contributed by atoms with Crippen molar-refractivity contribution < 1.29 is 8.60 Å². The van der Waals surface area contributed by atoms with Crippen LogP contribution < -0.4 is 0 Å². The fraction of sp³-hybridized carbons (Fsp3) is 0.0769. The summed E-state index contributed by atoms with van der Waals surface area (Å²) in [7, 11) is -1.35. The minimum Gasteiger partial charge on any atom is -0.254 e. The van der Waals surface area contributed by atoms with Gasteiger partial charge in [-0.15, -0.1) is 0 Å². The molecule has 6 heteroatoms. The Balaban J connectivity index is 2.21. The van der Waals surface area contributed by atoms with E-state index in [4.69, 9.17) is 16.9 Å². The number of benzene rings is 1. The summed E-state index contributed by atoms with van der Waals surface area (Å²) in [6, 6.07) is 9.14. The van der Waals surface area contributed by atoms with Gasteiger partial charge in [0.1, 0.15) is 17.6 Å². The first-order chi connectivity index (χ1) is 9.10. The molecule has 0 saturated carbocycles. The van der Waals surface area contributed by atoms with E-state index in [1.807, 2.05) is 6.07 Å². The zero-order valence-corrected chi connectivity index (χ0v) is 11.2. The van der Waals surface area contributed by atoms with Gasteiger partial charge in [-0.3, -0.25) is 4.21 Å². The second-order valence-electron chi connectivity index (χ2n) is 3.73. The molecular weight excluding hydrogens is 287 g/mol. The first kappa shape index (κ1) is 13.7. The molecule has 0 radical (unpaired) electrons. The number of halogens is 2. The van der Waals surface area contributed by atoms with E-state index < -0.39 is 16.6 Å². The Morgan fingerprint density at radius 3 is 2.84 bits per heavy atom. The van der Waals surface area contributed by atoms with Crippen LogP contribution in [0.25, 0.3) is 0 Å². The van der Waals surface area contributed by atoms with E-state index in [0.29, 0.717) is 4.90 Å². The largest absolute Gasteiger partial charge is 0.254 e. The molecule has 96 valence electrons. The topological polar surface area (TPSA) is 53.8 Å². The van der Waals surface area contributed by atoms with E-state index in [-0.39, 0.29) is 16.5 Å². The molecular formula is C13H8ClFN2OS. The minimum absolute atomic E-state index is 0.0571. The van der Waals surface area contributed by atoms with Crippen LogP contribution in [0, 0.1) is 17.1 Å². The highest BCUT2D eigenvalue weighted by atomic mass is 35.5. The van der Waals surface area contributed by atoms with Crippen LogP contribution in [0.2, 0.25) is 5.02 Å². The lowest BCUT2D eigenvalue weighted by Crippen LogP contribution is -1.98. The number of pyridine rings is 1. The Labute approximate surface area is 117 Å². The van der Waals surface area contributed by atoms with Crippen LogP contribution in [0.1, 0.15) is 11.3 Å². The van der Waals surface area contributed by atoms with Gasteiger partial charge < -0.3 is 0 Å². The molecule has 0 spiro atoms. The molecule has 2 aromatic rings. The molecule has 0 bridgehead atoms. The second-order valence-corrected chi connectivity index (χ2v) is 5.59. The third kappa shape index (κ3) is 3.37. The van der Waals surface area contributed by atoms with Crippen LogP contribution in [0.3, 0.4) is 0 Å². The van der Waals surface area contributed by atoms with Gasteiger partial charge in [0.05, 0.1) is 21.6 Å². The molecule has 0 N–H and O–H groups in total. The number of nitrogens with zero attached hydrogens (tertiary/aromatic N) is 2. The van der Waals surface area contributed by atoms with Crippen molar-refractivity contribution >= 4 is 22.4 Å². The highest BCUT2D eigenvalue weighted by Gasteiger charge is 2.09. The Morgan fingerprint density at radius 1 is 1.37 bits per heavy atom. The van der Waals surface area contributed by atoms with Crippen molar-refractivity contribution in [3.63, 3.8) is 0 Å². The average Bonchev–Trinajstić information content (AvgIpc) is 2.42. The summed E-state index contributed by atoms with van der Waals surface area (Å²) >= 11 is 5.65. The first-order valence-corrected chi connectivity index (χ1v) is 6.98. The molecule has 1 aromatic carbocycles. The standard InChI is InChI=1S/C13H8ClFN2OS/c14-12-6-11(1-2-13(12)15)19(18)8-9-3-4-17-10(5-9)7-16/h1-6H,8H2. The molecule has 0 fully saturated rings. The Hall–Kier alpha value is -1.77. The van der Waals surface area contributed by atoms with Crippen molar-refractivity contribution in [2.75, 3.05) is 0 Å². The maximum Gasteiger partial charge on any atom is 0.141 e. The van der Waals surface area contributed by atoms with E-state index >= 15 is 0 Å². The average molecular weight is 295 g/mol. The van der Waals surface area contributed by atoms with Gasteiger partial charge in [-0.2, -0.15) is 5.26 Å². The van der Waals surface area contributed by atoms with Crippen molar-refractivity contribution in [1.29, 1.82) is 5.26 Å². The second kappa shape index (κ2) is 5.91. The molecule has 19 heavy (non-hydrogen) atoms. The fourth-order valence-electron chi connectivity index (χ4n) is 1.48. The van der Waals surface area contributed by atoms with Gasteiger partial charge in [-0.05, 0) is 35.9 Å². The summed E-state index contributed by atoms with van der Waals surface area (Å²) in [6.45, 7) is 0. The summed E-state index contributed by atoms with van der Waals surface area (Å²) in [5, 5.41) is 8.68. The first-order valence-electron chi connectivity index (χ1n) is 5.28. The van der Waals surface area contributed by atoms with Crippen molar-refractivity contribution in [3.05, 3.63) is 58.6 Å². The van der Waals surface area contributed by atoms with Crippen LogP contribution >= 0.6 is 11.6 Å². The number of hydrogen-bond acceptors (Lipinski definition) is 3. The van der Waals surface area contributed by atoms with Gasteiger partial charge in [0, 0.05) is 11.1 Å². The van der Waals surface area contributed by atoms with Crippen LogP contribution in [-0.4, -0.2) is 9.19 Å². The van der Waals surface area contributed by atoms with Crippen molar-refractivity contribution in [1.82, 2.24) is 4.98 Å². The smallest absolute Gasteiger partial charge is 0.141 e. The summed E-state index contributed by atoms with van der Waals surface area (Å²) in [6.07, 6.45) is 1.49. The summed E-state index contributed by atoms with van der Waals surface area (Å²) in [5.41, 5.74) is 0.997. The number of nitriles is 1. The highest BCUT2D eigenvalue weighted by molar-refractivity contribution is 7.84. The van der Waals surface area contributed by atoms with Crippen LogP contribution in [0.15, 0.2) is 41.4 Å². The molecule has 0 aliphatic carbocycles. The van der Waals surface area contributed by atoms with E-state index in [0.717, 1.165) is 5.56 Å². The molecule has 0 amide bonds. The van der Waals surface area contributed by atoms with Gasteiger partial charge in [-0.25, -0.2) is 9.37 Å². The predicted molar refractivity (Wildman–Crippen MR) is 70.5 cm³/mol.